The highest BCUT2D eigenvalue weighted by Gasteiger charge is 2.17. The number of hydroxylamine groups is 1. The number of ether oxygens (including phenoxy) is 1. The summed E-state index contributed by atoms with van der Waals surface area (Å²) in [6.45, 7) is 2.73. The maximum atomic E-state index is 13.1. The molecule has 0 aromatic heterocycles. The molecule has 0 aliphatic rings. The van der Waals surface area contributed by atoms with Crippen molar-refractivity contribution in [2.45, 2.75) is 45.6 Å². The van der Waals surface area contributed by atoms with E-state index in [1.54, 1.807) is 41.8 Å². The maximum Gasteiger partial charge on any atom is 0.251 e. The average Bonchev–Trinajstić information content (AvgIpc) is 2.82. The molecule has 0 aliphatic carbocycles. The molecule has 3 amide bonds. The average molecular weight is 442 g/mol. The van der Waals surface area contributed by atoms with Crippen LogP contribution in [0.25, 0.3) is 0 Å². The summed E-state index contributed by atoms with van der Waals surface area (Å²) < 4.78 is 5.21. The van der Waals surface area contributed by atoms with E-state index in [9.17, 15) is 14.4 Å². The lowest BCUT2D eigenvalue weighted by atomic mass is 10.1. The quantitative estimate of drug-likeness (QED) is 0.266. The Morgan fingerprint density at radius 3 is 2.38 bits per heavy atom. The Bertz CT molecular complexity index is 899. The molecule has 3 N–H and O–H groups in total. The normalized spacial score (nSPS) is 10.3. The SMILES string of the molecule is CCNC(=O)c1cccc(CN(C(=O)CCCCCC(=O)NO)c2ccc(OC)cc2)c1. The van der Waals surface area contributed by atoms with Gasteiger partial charge in [-0.1, -0.05) is 18.6 Å². The fraction of sp³-hybridized carbons (Fsp3) is 0.375. The topological polar surface area (TPSA) is 108 Å². The zero-order valence-electron chi connectivity index (χ0n) is 18.6. The van der Waals surface area contributed by atoms with E-state index in [-0.39, 0.29) is 18.2 Å². The summed E-state index contributed by atoms with van der Waals surface area (Å²) in [7, 11) is 1.59. The van der Waals surface area contributed by atoms with Crippen molar-refractivity contribution in [2.24, 2.45) is 0 Å². The number of nitrogens with one attached hydrogen (secondary N) is 2. The molecule has 0 aliphatic heterocycles. The van der Waals surface area contributed by atoms with Crippen molar-refractivity contribution in [3.63, 3.8) is 0 Å². The van der Waals surface area contributed by atoms with Gasteiger partial charge < -0.3 is 15.0 Å². The first-order valence-corrected chi connectivity index (χ1v) is 10.7. The molecule has 2 aromatic rings. The van der Waals surface area contributed by atoms with Crippen molar-refractivity contribution >= 4 is 23.4 Å². The standard InChI is InChI=1S/C24H31N3O5/c1-3-25-24(30)19-9-7-8-18(16-19)17-27(20-12-14-21(32-2)15-13-20)23(29)11-6-4-5-10-22(28)26-31/h7-9,12-16,31H,3-6,10-11,17H2,1-2H3,(H,25,30)(H,26,28). The lowest BCUT2D eigenvalue weighted by Crippen LogP contribution is -2.30. The molecule has 8 nitrogen and oxygen atoms in total. The van der Waals surface area contributed by atoms with E-state index < -0.39 is 5.91 Å². The number of hydrogen-bond donors (Lipinski definition) is 3. The van der Waals surface area contributed by atoms with Crippen molar-refractivity contribution in [2.75, 3.05) is 18.6 Å². The van der Waals surface area contributed by atoms with Crippen LogP contribution in [-0.2, 0) is 16.1 Å². The molecule has 0 unspecified atom stereocenters. The Kier molecular flexibility index (Phi) is 10.2. The molecule has 0 bridgehead atoms. The zero-order valence-corrected chi connectivity index (χ0v) is 18.6. The molecule has 0 spiro atoms. The summed E-state index contributed by atoms with van der Waals surface area (Å²) in [5.41, 5.74) is 3.74. The Labute approximate surface area is 188 Å². The van der Waals surface area contributed by atoms with Gasteiger partial charge in [0.1, 0.15) is 5.75 Å². The van der Waals surface area contributed by atoms with Gasteiger partial charge in [-0.25, -0.2) is 5.48 Å². The molecule has 0 saturated heterocycles. The molecule has 32 heavy (non-hydrogen) atoms. The minimum Gasteiger partial charge on any atom is -0.497 e. The Hall–Kier alpha value is -3.39. The first-order chi connectivity index (χ1) is 15.5. The highest BCUT2D eigenvalue weighted by atomic mass is 16.5. The van der Waals surface area contributed by atoms with Gasteiger partial charge in [-0.2, -0.15) is 0 Å². The molecular weight excluding hydrogens is 410 g/mol. The lowest BCUT2D eigenvalue weighted by Gasteiger charge is -2.24. The summed E-state index contributed by atoms with van der Waals surface area (Å²) in [5, 5.41) is 11.3. The number of methoxy groups -OCH3 is 1. The van der Waals surface area contributed by atoms with Crippen LogP contribution in [0.5, 0.6) is 5.75 Å². The smallest absolute Gasteiger partial charge is 0.251 e. The predicted molar refractivity (Wildman–Crippen MR) is 122 cm³/mol. The van der Waals surface area contributed by atoms with Gasteiger partial charge in [0.25, 0.3) is 5.91 Å². The van der Waals surface area contributed by atoms with Gasteiger partial charge >= 0.3 is 0 Å². The Morgan fingerprint density at radius 1 is 1.00 bits per heavy atom. The number of unbranched alkanes of at least 4 members (excludes halogenated alkanes) is 2. The van der Waals surface area contributed by atoms with E-state index in [4.69, 9.17) is 9.94 Å². The predicted octanol–water partition coefficient (Wildman–Crippen LogP) is 3.43. The van der Waals surface area contributed by atoms with Crippen LogP contribution in [0.1, 0.15) is 54.9 Å². The maximum absolute atomic E-state index is 13.1. The second-order valence-electron chi connectivity index (χ2n) is 7.33. The van der Waals surface area contributed by atoms with E-state index in [1.807, 2.05) is 31.2 Å². The van der Waals surface area contributed by atoms with Crippen LogP contribution in [0.3, 0.4) is 0 Å². The third-order valence-electron chi connectivity index (χ3n) is 4.97. The van der Waals surface area contributed by atoms with E-state index in [0.717, 1.165) is 11.3 Å². The minimum absolute atomic E-state index is 0.0508. The van der Waals surface area contributed by atoms with Crippen LogP contribution >= 0.6 is 0 Å². The fourth-order valence-electron chi connectivity index (χ4n) is 3.27. The van der Waals surface area contributed by atoms with Crippen molar-refractivity contribution in [3.05, 3.63) is 59.7 Å². The Morgan fingerprint density at radius 2 is 1.72 bits per heavy atom. The summed E-state index contributed by atoms with van der Waals surface area (Å²) in [6, 6.07) is 14.5. The zero-order chi connectivity index (χ0) is 23.3. The number of amides is 3. The van der Waals surface area contributed by atoms with Gasteiger partial charge in [0.15, 0.2) is 0 Å². The summed E-state index contributed by atoms with van der Waals surface area (Å²) in [5.74, 6) is 0.0681. The molecule has 8 heteroatoms. The first kappa shape index (κ1) is 24.9. The van der Waals surface area contributed by atoms with Crippen LogP contribution in [0.15, 0.2) is 48.5 Å². The van der Waals surface area contributed by atoms with Crippen molar-refractivity contribution in [1.29, 1.82) is 0 Å². The molecule has 0 heterocycles. The van der Waals surface area contributed by atoms with Gasteiger partial charge in [-0.3, -0.25) is 19.6 Å². The summed E-state index contributed by atoms with van der Waals surface area (Å²) in [6.07, 6.45) is 2.46. The second kappa shape index (κ2) is 13.1. The Balaban J connectivity index is 2.12. The fourth-order valence-corrected chi connectivity index (χ4v) is 3.27. The molecule has 2 aromatic carbocycles. The molecule has 0 fully saturated rings. The van der Waals surface area contributed by atoms with Crippen molar-refractivity contribution in [1.82, 2.24) is 10.8 Å². The van der Waals surface area contributed by atoms with Crippen LogP contribution < -0.4 is 20.4 Å². The summed E-state index contributed by atoms with van der Waals surface area (Å²) in [4.78, 5) is 38.0. The number of carbonyl (C=O) groups excluding carboxylic acids is 3. The highest BCUT2D eigenvalue weighted by molar-refractivity contribution is 5.95. The number of carbonyl (C=O) groups is 3. The van der Waals surface area contributed by atoms with Crippen LogP contribution in [0, 0.1) is 0 Å². The van der Waals surface area contributed by atoms with E-state index >= 15 is 0 Å². The molecule has 2 rings (SSSR count). The van der Waals surface area contributed by atoms with Gasteiger partial charge in [-0.05, 0) is 61.7 Å². The van der Waals surface area contributed by atoms with E-state index in [1.165, 1.54) is 0 Å². The summed E-state index contributed by atoms with van der Waals surface area (Å²) >= 11 is 0. The lowest BCUT2D eigenvalue weighted by molar-refractivity contribution is -0.129. The number of nitrogens with zero attached hydrogens (tertiary/aromatic N) is 1. The van der Waals surface area contributed by atoms with Crippen molar-refractivity contribution in [3.8, 4) is 5.75 Å². The van der Waals surface area contributed by atoms with Crippen LogP contribution in [0.2, 0.25) is 0 Å². The van der Waals surface area contributed by atoms with Crippen LogP contribution in [-0.4, -0.2) is 36.6 Å². The van der Waals surface area contributed by atoms with Gasteiger partial charge in [0.2, 0.25) is 11.8 Å². The molecular formula is C24H31N3O5. The third kappa shape index (κ3) is 7.70. The number of benzene rings is 2. The molecule has 0 saturated carbocycles. The van der Waals surface area contributed by atoms with Gasteiger partial charge in [0.05, 0.1) is 13.7 Å². The monoisotopic (exact) mass is 441 g/mol. The van der Waals surface area contributed by atoms with Gasteiger partial charge in [-0.15, -0.1) is 0 Å². The minimum atomic E-state index is -0.428. The third-order valence-corrected chi connectivity index (χ3v) is 4.97. The first-order valence-electron chi connectivity index (χ1n) is 10.7. The number of rotatable bonds is 12. The number of anilines is 1. The molecule has 0 radical (unpaired) electrons. The highest BCUT2D eigenvalue weighted by Crippen LogP contribution is 2.23. The number of hydrogen-bond acceptors (Lipinski definition) is 5. The van der Waals surface area contributed by atoms with E-state index in [0.29, 0.717) is 50.1 Å². The largest absolute Gasteiger partial charge is 0.497 e. The molecule has 0 atom stereocenters. The molecule has 172 valence electrons. The van der Waals surface area contributed by atoms with Crippen LogP contribution in [0.4, 0.5) is 5.69 Å². The second-order valence-corrected chi connectivity index (χ2v) is 7.33. The van der Waals surface area contributed by atoms with E-state index in [2.05, 4.69) is 5.32 Å². The van der Waals surface area contributed by atoms with Crippen molar-refractivity contribution < 1.29 is 24.3 Å². The van der Waals surface area contributed by atoms with Gasteiger partial charge in [0, 0.05) is 30.6 Å².